The number of fused-ring (bicyclic) bond motifs is 1. The Morgan fingerprint density at radius 2 is 1.76 bits per heavy atom. The van der Waals surface area contributed by atoms with Gasteiger partial charge in [0, 0.05) is 5.56 Å². The van der Waals surface area contributed by atoms with Crippen molar-refractivity contribution in [1.82, 2.24) is 30.0 Å². The van der Waals surface area contributed by atoms with Gasteiger partial charge in [0.2, 0.25) is 5.88 Å². The Balaban J connectivity index is 1.59. The van der Waals surface area contributed by atoms with E-state index in [2.05, 4.69) is 25.6 Å². The minimum atomic E-state index is -0.669. The molecule has 9 nitrogen and oxygen atoms in total. The van der Waals surface area contributed by atoms with Gasteiger partial charge in [-0.25, -0.2) is 5.10 Å². The third-order valence-corrected chi connectivity index (χ3v) is 6.27. The van der Waals surface area contributed by atoms with E-state index in [1.54, 1.807) is 0 Å². The molecule has 0 saturated heterocycles. The predicted molar refractivity (Wildman–Crippen MR) is 144 cm³/mol. The second-order valence-electron chi connectivity index (χ2n) is 10.1. The van der Waals surface area contributed by atoms with Crippen LogP contribution in [0.3, 0.4) is 0 Å². The maximum absolute atomic E-state index is 13.1. The van der Waals surface area contributed by atoms with E-state index >= 15 is 0 Å². The average molecular weight is 511 g/mol. The maximum atomic E-state index is 13.1. The molecule has 0 bridgehead atoms. The van der Waals surface area contributed by atoms with Gasteiger partial charge in [0.25, 0.3) is 0 Å². The van der Waals surface area contributed by atoms with Gasteiger partial charge >= 0.3 is 5.97 Å². The third-order valence-electron chi connectivity index (χ3n) is 6.27. The summed E-state index contributed by atoms with van der Waals surface area (Å²) in [5, 5.41) is 14.3. The van der Waals surface area contributed by atoms with Gasteiger partial charge in [0.1, 0.15) is 5.65 Å². The molecule has 3 heterocycles. The Morgan fingerprint density at radius 3 is 2.42 bits per heavy atom. The van der Waals surface area contributed by atoms with E-state index in [1.165, 1.54) is 0 Å². The van der Waals surface area contributed by atoms with E-state index in [4.69, 9.17) is 9.47 Å². The summed E-state index contributed by atoms with van der Waals surface area (Å²) in [5.74, 6) is 0.820. The van der Waals surface area contributed by atoms with Gasteiger partial charge in [-0.3, -0.25) is 9.20 Å². The van der Waals surface area contributed by atoms with E-state index in [0.717, 1.165) is 39.2 Å². The second kappa shape index (κ2) is 10.1. The average Bonchev–Trinajstić information content (AvgIpc) is 3.59. The minimum Gasteiger partial charge on any atom is -0.477 e. The summed E-state index contributed by atoms with van der Waals surface area (Å²) in [6.45, 7) is 9.96. The topological polar surface area (TPSA) is 107 Å². The van der Waals surface area contributed by atoms with Crippen LogP contribution < -0.4 is 4.74 Å². The van der Waals surface area contributed by atoms with Gasteiger partial charge < -0.3 is 9.47 Å². The van der Waals surface area contributed by atoms with Crippen LogP contribution in [0.2, 0.25) is 0 Å². The smallest absolute Gasteiger partial charge is 0.312 e. The van der Waals surface area contributed by atoms with Crippen molar-refractivity contribution in [2.24, 2.45) is 5.41 Å². The molecule has 0 aliphatic heterocycles. The Labute approximate surface area is 220 Å². The number of ether oxygens (including phenoxy) is 2. The van der Waals surface area contributed by atoms with Crippen molar-refractivity contribution in [3.63, 3.8) is 0 Å². The molecule has 0 radical (unpaired) electrons. The highest BCUT2D eigenvalue weighted by atomic mass is 16.5. The van der Waals surface area contributed by atoms with Crippen LogP contribution in [0.4, 0.5) is 0 Å². The van der Waals surface area contributed by atoms with Crippen molar-refractivity contribution in [2.45, 2.75) is 40.7 Å². The van der Waals surface area contributed by atoms with Crippen LogP contribution in [0, 0.1) is 12.3 Å². The number of esters is 1. The summed E-state index contributed by atoms with van der Waals surface area (Å²) in [6.07, 6.45) is 1.19. The number of hydrogen-bond acceptors (Lipinski definition) is 7. The molecule has 1 atom stereocenters. The standard InChI is InChI=1S/C29H30N6O3/c1-6-37-24-17-35-23(16-11-18(2)27(35)30-24)25(38-28(36)29(3,4)5)20-14-12-19(13-15-20)21-9-7-8-10-22(21)26-31-33-34-32-26/h7-17,25H,6H2,1-5H3,(H,31,32,33,34)/t25-/m1/s1. The molecule has 0 saturated carbocycles. The molecule has 5 aromatic rings. The van der Waals surface area contributed by atoms with Gasteiger partial charge in [-0.2, -0.15) is 4.98 Å². The summed E-state index contributed by atoms with van der Waals surface area (Å²) < 4.78 is 13.8. The zero-order valence-corrected chi connectivity index (χ0v) is 22.1. The summed E-state index contributed by atoms with van der Waals surface area (Å²) in [7, 11) is 0. The fourth-order valence-electron chi connectivity index (χ4n) is 4.27. The van der Waals surface area contributed by atoms with Gasteiger partial charge in [-0.15, -0.1) is 5.10 Å². The van der Waals surface area contributed by atoms with E-state index in [0.29, 0.717) is 18.3 Å². The van der Waals surface area contributed by atoms with E-state index in [1.807, 2.05) is 106 Å². The van der Waals surface area contributed by atoms with Gasteiger partial charge in [0.05, 0.1) is 23.9 Å². The minimum absolute atomic E-state index is 0.298. The van der Waals surface area contributed by atoms with Gasteiger partial charge in [-0.05, 0) is 73.4 Å². The van der Waals surface area contributed by atoms with Crippen molar-refractivity contribution in [3.05, 3.63) is 83.7 Å². The summed E-state index contributed by atoms with van der Waals surface area (Å²) in [5.41, 5.74) is 5.56. The molecule has 0 amide bonds. The van der Waals surface area contributed by atoms with E-state index in [-0.39, 0.29) is 5.97 Å². The van der Waals surface area contributed by atoms with Gasteiger partial charge in [-0.1, -0.05) is 54.6 Å². The first-order chi connectivity index (χ1) is 18.3. The summed E-state index contributed by atoms with van der Waals surface area (Å²) >= 11 is 0. The number of aryl methyl sites for hydroxylation is 1. The number of benzene rings is 2. The van der Waals surface area contributed by atoms with Crippen LogP contribution >= 0.6 is 0 Å². The molecule has 0 spiro atoms. The number of nitrogens with zero attached hydrogens (tertiary/aromatic N) is 5. The number of pyridine rings is 1. The lowest BCUT2D eigenvalue weighted by molar-refractivity contribution is -0.157. The highest BCUT2D eigenvalue weighted by molar-refractivity contribution is 5.80. The molecule has 3 aromatic heterocycles. The molecule has 0 aliphatic carbocycles. The quantitative estimate of drug-likeness (QED) is 0.285. The predicted octanol–water partition coefficient (Wildman–Crippen LogP) is 5.57. The fraction of sp³-hybridized carbons (Fsp3) is 0.276. The fourth-order valence-corrected chi connectivity index (χ4v) is 4.27. The SMILES string of the molecule is CCOc1cn2c([C@H](OC(=O)C(C)(C)C)c3ccc(-c4ccccc4-c4nnn[nH]4)cc3)ccc(C)c2n1. The molecular weight excluding hydrogens is 480 g/mol. The normalized spacial score (nSPS) is 12.4. The van der Waals surface area contributed by atoms with Gasteiger partial charge in [0.15, 0.2) is 11.9 Å². The largest absolute Gasteiger partial charge is 0.477 e. The molecular formula is C29H30N6O3. The Morgan fingerprint density at radius 1 is 1.03 bits per heavy atom. The number of imidazole rings is 1. The molecule has 0 aliphatic rings. The molecule has 38 heavy (non-hydrogen) atoms. The Hall–Kier alpha value is -4.53. The number of nitrogens with one attached hydrogen (secondary N) is 1. The number of carbonyl (C=O) groups excluding carboxylic acids is 1. The molecule has 9 heteroatoms. The molecule has 194 valence electrons. The lowest BCUT2D eigenvalue weighted by Gasteiger charge is -2.25. The van der Waals surface area contributed by atoms with Crippen molar-refractivity contribution < 1.29 is 14.3 Å². The first-order valence-corrected chi connectivity index (χ1v) is 12.5. The number of aromatic amines is 1. The number of rotatable bonds is 7. The first kappa shape index (κ1) is 25.1. The summed E-state index contributed by atoms with van der Waals surface area (Å²) in [4.78, 5) is 17.7. The van der Waals surface area contributed by atoms with Crippen molar-refractivity contribution in [3.8, 4) is 28.4 Å². The van der Waals surface area contributed by atoms with Crippen LogP contribution in [0.5, 0.6) is 5.88 Å². The first-order valence-electron chi connectivity index (χ1n) is 12.5. The third kappa shape index (κ3) is 4.87. The van der Waals surface area contributed by atoms with Crippen molar-refractivity contribution in [2.75, 3.05) is 6.61 Å². The zero-order chi connectivity index (χ0) is 26.9. The van der Waals surface area contributed by atoms with Crippen LogP contribution in [0.1, 0.15) is 50.6 Å². The lowest BCUT2D eigenvalue weighted by atomic mass is 9.95. The van der Waals surface area contributed by atoms with Crippen LogP contribution in [0.25, 0.3) is 28.2 Å². The molecule has 2 aromatic carbocycles. The highest BCUT2D eigenvalue weighted by Gasteiger charge is 2.30. The maximum Gasteiger partial charge on any atom is 0.312 e. The number of hydrogen-bond donors (Lipinski definition) is 1. The van der Waals surface area contributed by atoms with Crippen molar-refractivity contribution >= 4 is 11.6 Å². The summed E-state index contributed by atoms with van der Waals surface area (Å²) in [6, 6.07) is 19.9. The Bertz CT molecular complexity index is 1570. The van der Waals surface area contributed by atoms with E-state index < -0.39 is 11.5 Å². The molecule has 0 fully saturated rings. The van der Waals surface area contributed by atoms with Crippen LogP contribution in [0.15, 0.2) is 66.9 Å². The zero-order valence-electron chi connectivity index (χ0n) is 22.1. The highest BCUT2D eigenvalue weighted by Crippen LogP contribution is 2.35. The van der Waals surface area contributed by atoms with Crippen molar-refractivity contribution in [1.29, 1.82) is 0 Å². The van der Waals surface area contributed by atoms with Crippen LogP contribution in [-0.2, 0) is 9.53 Å². The number of aromatic nitrogens is 6. The number of H-pyrrole nitrogens is 1. The number of carbonyl (C=O) groups is 1. The molecule has 0 unspecified atom stereocenters. The monoisotopic (exact) mass is 510 g/mol. The Kier molecular flexibility index (Phi) is 6.67. The molecule has 5 rings (SSSR count). The lowest BCUT2D eigenvalue weighted by Crippen LogP contribution is -2.26. The van der Waals surface area contributed by atoms with Crippen LogP contribution in [-0.4, -0.2) is 42.6 Å². The molecule has 1 N–H and O–H groups in total. The number of tetrazole rings is 1. The van der Waals surface area contributed by atoms with E-state index in [9.17, 15) is 4.79 Å². The second-order valence-corrected chi connectivity index (χ2v) is 10.1.